The van der Waals surface area contributed by atoms with Gasteiger partial charge in [0.05, 0.1) is 34.3 Å². The number of halogens is 6. The third-order valence-corrected chi connectivity index (χ3v) is 10.6. The average molecular weight is 679 g/mol. The van der Waals surface area contributed by atoms with Crippen molar-refractivity contribution in [2.24, 2.45) is 5.92 Å². The first-order valence-corrected chi connectivity index (χ1v) is 17.1. The van der Waals surface area contributed by atoms with E-state index in [0.29, 0.717) is 51.1 Å². The van der Waals surface area contributed by atoms with E-state index >= 15 is 4.39 Å². The second kappa shape index (κ2) is 13.3. The van der Waals surface area contributed by atoms with Crippen LogP contribution in [0.1, 0.15) is 54.5 Å². The summed E-state index contributed by atoms with van der Waals surface area (Å²) in [6.45, 7) is 2.40. The van der Waals surface area contributed by atoms with Crippen molar-refractivity contribution < 1.29 is 39.9 Å². The zero-order valence-corrected chi connectivity index (χ0v) is 26.6. The number of hydrogen-bond donors (Lipinski definition) is 0. The van der Waals surface area contributed by atoms with Crippen molar-refractivity contribution in [1.29, 1.82) is 0 Å². The van der Waals surface area contributed by atoms with Crippen LogP contribution in [0.4, 0.5) is 27.6 Å². The second-order valence-corrected chi connectivity index (χ2v) is 14.4. The van der Waals surface area contributed by atoms with Gasteiger partial charge in [-0.05, 0) is 50.3 Å². The Hall–Kier alpha value is -2.55. The van der Waals surface area contributed by atoms with Gasteiger partial charge in [0.15, 0.2) is 0 Å². The summed E-state index contributed by atoms with van der Waals surface area (Å²) in [7, 11) is -4.35. The van der Waals surface area contributed by atoms with Crippen LogP contribution in [-0.4, -0.2) is 93.5 Å². The number of pyridine rings is 1. The van der Waals surface area contributed by atoms with Crippen LogP contribution in [0.15, 0.2) is 24.3 Å². The Morgan fingerprint density at radius 3 is 2.36 bits per heavy atom. The third kappa shape index (κ3) is 7.71. The molecule has 0 N–H and O–H groups in total. The Balaban J connectivity index is 1.37. The van der Waals surface area contributed by atoms with Crippen molar-refractivity contribution in [2.75, 3.05) is 56.5 Å². The number of alkyl halides is 3. The summed E-state index contributed by atoms with van der Waals surface area (Å²) in [6, 6.07) is 4.81. The quantitative estimate of drug-likeness (QED) is 0.372. The van der Waals surface area contributed by atoms with Crippen LogP contribution in [0.2, 0.25) is 5.02 Å². The maximum atomic E-state index is 15.0. The van der Waals surface area contributed by atoms with E-state index in [4.69, 9.17) is 16.3 Å². The van der Waals surface area contributed by atoms with Gasteiger partial charge < -0.3 is 9.64 Å². The summed E-state index contributed by atoms with van der Waals surface area (Å²) in [5, 5.41) is 0.0339. The van der Waals surface area contributed by atoms with Gasteiger partial charge in [0.2, 0.25) is 15.9 Å². The average Bonchev–Trinajstić information content (AvgIpc) is 3.41. The lowest BCUT2D eigenvalue weighted by Crippen LogP contribution is -2.44. The Morgan fingerprint density at radius 1 is 1.09 bits per heavy atom. The number of carbonyl (C=O) groups is 1. The van der Waals surface area contributed by atoms with E-state index < -0.39 is 52.1 Å². The molecule has 2 aromatic rings. The normalized spacial score (nSPS) is 22.6. The minimum atomic E-state index is -4.81. The molecule has 2 unspecified atom stereocenters. The molecule has 3 aliphatic rings. The van der Waals surface area contributed by atoms with Crippen molar-refractivity contribution in [3.8, 4) is 0 Å². The molecule has 15 heteroatoms. The van der Waals surface area contributed by atoms with E-state index in [-0.39, 0.29) is 51.3 Å². The van der Waals surface area contributed by atoms with Crippen molar-refractivity contribution in [1.82, 2.24) is 14.8 Å². The third-order valence-electron chi connectivity index (χ3n) is 9.08. The monoisotopic (exact) mass is 678 g/mol. The summed E-state index contributed by atoms with van der Waals surface area (Å²) in [5.41, 5.74) is 0.578. The first kappa shape index (κ1) is 33.8. The topological polar surface area (TPSA) is 83.1 Å². The summed E-state index contributed by atoms with van der Waals surface area (Å²) >= 11 is 6.20. The number of amides is 1. The molecular weight excluding hydrogens is 643 g/mol. The minimum Gasteiger partial charge on any atom is -0.381 e. The molecule has 3 aliphatic heterocycles. The molecule has 0 bridgehead atoms. The van der Waals surface area contributed by atoms with Crippen LogP contribution in [-0.2, 0) is 19.6 Å². The Morgan fingerprint density at radius 2 is 1.76 bits per heavy atom. The van der Waals surface area contributed by atoms with Gasteiger partial charge in [-0.25, -0.2) is 17.2 Å². The number of ether oxygens (including phenoxy) is 1. The van der Waals surface area contributed by atoms with Gasteiger partial charge in [-0.2, -0.15) is 13.2 Å². The molecule has 45 heavy (non-hydrogen) atoms. The van der Waals surface area contributed by atoms with E-state index in [1.54, 1.807) is 11.8 Å². The number of hydrogen-bond acceptors (Lipinski definition) is 6. The molecule has 3 saturated heterocycles. The van der Waals surface area contributed by atoms with Crippen molar-refractivity contribution in [3.63, 3.8) is 0 Å². The molecule has 1 aromatic carbocycles. The number of aryl methyl sites for hydroxylation is 1. The molecule has 2 atom stereocenters. The predicted octanol–water partition coefficient (Wildman–Crippen LogP) is 5.25. The highest BCUT2D eigenvalue weighted by molar-refractivity contribution is 7.92. The van der Waals surface area contributed by atoms with Gasteiger partial charge in [-0.1, -0.05) is 17.7 Å². The van der Waals surface area contributed by atoms with Gasteiger partial charge in [0, 0.05) is 63.3 Å². The number of rotatable bonds is 7. The van der Waals surface area contributed by atoms with Gasteiger partial charge in [-0.3, -0.25) is 19.0 Å². The lowest BCUT2D eigenvalue weighted by Gasteiger charge is -2.36. The number of carbonyl (C=O) groups excluding carboxylic acids is 1. The molecule has 8 nitrogen and oxygen atoms in total. The van der Waals surface area contributed by atoms with Crippen LogP contribution in [0.25, 0.3) is 0 Å². The molecule has 0 aliphatic carbocycles. The Labute approximate surface area is 264 Å². The van der Waals surface area contributed by atoms with Crippen molar-refractivity contribution in [3.05, 3.63) is 57.9 Å². The van der Waals surface area contributed by atoms with Crippen LogP contribution in [0.3, 0.4) is 0 Å². The summed E-state index contributed by atoms with van der Waals surface area (Å²) in [5.74, 6) is -3.08. The lowest BCUT2D eigenvalue weighted by molar-refractivity contribution is -0.136. The number of anilines is 1. The van der Waals surface area contributed by atoms with Crippen LogP contribution < -0.4 is 4.31 Å². The summed E-state index contributed by atoms with van der Waals surface area (Å²) in [4.78, 5) is 22.3. The number of nitrogens with zero attached hydrogens (tertiary/aromatic N) is 4. The first-order valence-electron chi connectivity index (χ1n) is 14.9. The highest BCUT2D eigenvalue weighted by atomic mass is 35.5. The Bertz CT molecular complexity index is 1510. The van der Waals surface area contributed by atoms with E-state index in [2.05, 4.69) is 9.88 Å². The number of sulfonamides is 1. The van der Waals surface area contributed by atoms with Gasteiger partial charge in [-0.15, -0.1) is 0 Å². The lowest BCUT2D eigenvalue weighted by atomic mass is 9.86. The van der Waals surface area contributed by atoms with E-state index in [9.17, 15) is 30.8 Å². The van der Waals surface area contributed by atoms with E-state index in [1.807, 2.05) is 0 Å². The van der Waals surface area contributed by atoms with Crippen molar-refractivity contribution in [2.45, 2.75) is 56.7 Å². The van der Waals surface area contributed by atoms with Gasteiger partial charge in [0.25, 0.3) is 0 Å². The Kier molecular flexibility index (Phi) is 9.98. The number of benzene rings is 1. The second-order valence-electron chi connectivity index (χ2n) is 12.1. The van der Waals surface area contributed by atoms with E-state index in [0.717, 1.165) is 18.9 Å². The van der Waals surface area contributed by atoms with E-state index in [1.165, 1.54) is 18.2 Å². The largest absolute Gasteiger partial charge is 0.407 e. The van der Waals surface area contributed by atoms with Crippen LogP contribution >= 0.6 is 11.6 Å². The molecule has 3 fully saturated rings. The molecule has 248 valence electrons. The van der Waals surface area contributed by atoms with Crippen molar-refractivity contribution >= 4 is 33.2 Å². The fourth-order valence-corrected chi connectivity index (χ4v) is 7.82. The molecular formula is C30H36ClF5N4O4S. The molecule has 0 radical (unpaired) electrons. The summed E-state index contributed by atoms with van der Waals surface area (Å²) in [6.07, 6.45) is -1.89. The molecule has 1 aromatic heterocycles. The van der Waals surface area contributed by atoms with Gasteiger partial charge in [0.1, 0.15) is 18.2 Å². The zero-order valence-electron chi connectivity index (χ0n) is 25.0. The smallest absolute Gasteiger partial charge is 0.381 e. The fraction of sp³-hybridized carbons (Fsp3) is 0.600. The zero-order chi connectivity index (χ0) is 32.7. The first-order chi connectivity index (χ1) is 21.1. The molecule has 0 saturated carbocycles. The molecule has 4 heterocycles. The van der Waals surface area contributed by atoms with Crippen LogP contribution in [0.5, 0.6) is 0 Å². The SMILES string of the molecule is Cc1nc(C2CCN(C(=O)C3CN(C4CCOCC4)CC3c3ccc(F)cc3F)CC2)c(N(CC(F)(F)F)S(C)(=O)=O)cc1Cl. The fourth-order valence-electron chi connectivity index (χ4n) is 6.79. The highest BCUT2D eigenvalue weighted by Gasteiger charge is 2.44. The molecule has 0 spiro atoms. The molecule has 5 rings (SSSR count). The van der Waals surface area contributed by atoms with Gasteiger partial charge >= 0.3 is 6.18 Å². The maximum Gasteiger partial charge on any atom is 0.407 e. The molecule has 1 amide bonds. The number of piperidine rings is 1. The minimum absolute atomic E-state index is 0.0339. The number of likely N-dealkylation sites (tertiary alicyclic amines) is 2. The predicted molar refractivity (Wildman–Crippen MR) is 159 cm³/mol. The maximum absolute atomic E-state index is 15.0. The highest BCUT2D eigenvalue weighted by Crippen LogP contribution is 2.41. The van der Waals surface area contributed by atoms with Crippen LogP contribution in [0, 0.1) is 24.5 Å². The number of aromatic nitrogens is 1. The summed E-state index contributed by atoms with van der Waals surface area (Å²) < 4.78 is 99.9. The standard InChI is InChI=1S/C30H36ClF5N4O4S/c1-18-25(31)14-27(40(45(2,42)43)17-30(34,35)36)28(37-18)19-5-9-38(10-6-19)29(41)24-16-39(21-7-11-44-12-8-21)15-23(24)22-4-3-20(32)13-26(22)33/h3-4,13-14,19,21,23-24H,5-12,15-17H2,1-2H3.